The molecule has 2 rings (SSSR count). The van der Waals surface area contributed by atoms with E-state index in [1.807, 2.05) is 6.92 Å². The monoisotopic (exact) mass is 403 g/mol. The number of ether oxygens (including phenoxy) is 2. The van der Waals surface area contributed by atoms with Gasteiger partial charge < -0.3 is 14.6 Å². The molecule has 2 aromatic rings. The molecule has 0 aliphatic carbocycles. The van der Waals surface area contributed by atoms with Gasteiger partial charge in [-0.15, -0.1) is 0 Å². The number of halogens is 1. The summed E-state index contributed by atoms with van der Waals surface area (Å²) in [6, 6.07) is 5.94. The van der Waals surface area contributed by atoms with Crippen LogP contribution in [0.2, 0.25) is 0 Å². The second-order valence-corrected chi connectivity index (χ2v) is 7.17. The Bertz CT molecular complexity index is 899. The number of nitrogens with zero attached hydrogens (tertiary/aromatic N) is 1. The number of aromatic hydroxyl groups is 1. The highest BCUT2D eigenvalue weighted by Gasteiger charge is 2.26. The van der Waals surface area contributed by atoms with Crippen molar-refractivity contribution in [3.63, 3.8) is 0 Å². The number of methoxy groups -OCH3 is 1. The first-order valence-corrected chi connectivity index (χ1v) is 9.37. The molecule has 0 fully saturated rings. The Morgan fingerprint density at radius 1 is 1.21 bits per heavy atom. The van der Waals surface area contributed by atoms with Crippen molar-refractivity contribution in [2.45, 2.75) is 46.1 Å². The molecule has 1 N–H and O–H groups in total. The van der Waals surface area contributed by atoms with Gasteiger partial charge in [0.05, 0.1) is 13.0 Å². The normalized spacial score (nSPS) is 14.0. The van der Waals surface area contributed by atoms with Crippen LogP contribution >= 0.6 is 0 Å². The number of esters is 1. The summed E-state index contributed by atoms with van der Waals surface area (Å²) in [4.78, 5) is 28.8. The average Bonchev–Trinajstić information content (AvgIpc) is 2.67. The molecule has 0 aliphatic heterocycles. The van der Waals surface area contributed by atoms with Crippen LogP contribution in [0, 0.1) is 18.7 Å². The van der Waals surface area contributed by atoms with E-state index in [4.69, 9.17) is 9.47 Å². The zero-order valence-corrected chi connectivity index (χ0v) is 17.2. The zero-order valence-electron chi connectivity index (χ0n) is 17.2. The minimum absolute atomic E-state index is 0.135. The molecule has 0 saturated heterocycles. The number of pyridine rings is 1. The Morgan fingerprint density at radius 3 is 2.52 bits per heavy atom. The van der Waals surface area contributed by atoms with Gasteiger partial charge in [-0.1, -0.05) is 19.9 Å². The lowest BCUT2D eigenvalue weighted by Gasteiger charge is -2.24. The van der Waals surface area contributed by atoms with E-state index >= 15 is 0 Å². The van der Waals surface area contributed by atoms with Crippen LogP contribution in [-0.2, 0) is 9.53 Å². The van der Waals surface area contributed by atoms with Gasteiger partial charge in [0, 0.05) is 24.6 Å². The highest BCUT2D eigenvalue weighted by molar-refractivity contribution is 5.99. The molecule has 1 aromatic carbocycles. The number of benzene rings is 1. The Hall–Kier alpha value is -2.96. The molecule has 1 aromatic heterocycles. The summed E-state index contributed by atoms with van der Waals surface area (Å²) in [5.74, 6) is -2.42. The van der Waals surface area contributed by atoms with Crippen LogP contribution in [0.1, 0.15) is 54.7 Å². The predicted octanol–water partition coefficient (Wildman–Crippen LogP) is 4.19. The number of hydrogen-bond acceptors (Lipinski definition) is 6. The molecular weight excluding hydrogens is 377 g/mol. The Labute approximate surface area is 169 Å². The van der Waals surface area contributed by atoms with Crippen LogP contribution in [0.4, 0.5) is 4.39 Å². The lowest BCUT2D eigenvalue weighted by Crippen LogP contribution is -2.26. The van der Waals surface area contributed by atoms with Crippen LogP contribution < -0.4 is 4.74 Å². The molecule has 0 bridgehead atoms. The lowest BCUT2D eigenvalue weighted by atomic mass is 9.92. The van der Waals surface area contributed by atoms with Crippen molar-refractivity contribution >= 4 is 11.8 Å². The van der Waals surface area contributed by atoms with Crippen LogP contribution in [0.3, 0.4) is 0 Å². The van der Waals surface area contributed by atoms with Crippen molar-refractivity contribution in [2.75, 3.05) is 7.11 Å². The second-order valence-electron chi connectivity index (χ2n) is 7.17. The summed E-state index contributed by atoms with van der Waals surface area (Å²) in [6.07, 6.45) is 0.722. The topological polar surface area (TPSA) is 85.7 Å². The first kappa shape index (κ1) is 22.3. The SMILES string of the molecule is COc1ccnc(C(=O)C[C@@H](C)C(=O)O[C@@H](C)[C@@H](C)c2ccc(F)cc2C)c1O. The molecule has 0 aliphatic rings. The van der Waals surface area contributed by atoms with E-state index in [1.54, 1.807) is 26.8 Å². The number of Topliss-reactive ketones (excluding diaryl/α,β-unsaturated/α-hetero) is 1. The second kappa shape index (κ2) is 9.49. The quantitative estimate of drug-likeness (QED) is 0.525. The van der Waals surface area contributed by atoms with E-state index in [2.05, 4.69) is 4.98 Å². The number of hydrogen-bond donors (Lipinski definition) is 1. The van der Waals surface area contributed by atoms with Gasteiger partial charge in [-0.3, -0.25) is 9.59 Å². The minimum atomic E-state index is -0.723. The third-order valence-electron chi connectivity index (χ3n) is 4.99. The third kappa shape index (κ3) is 5.31. The maximum atomic E-state index is 13.3. The number of aromatic nitrogens is 1. The number of rotatable bonds is 8. The summed E-state index contributed by atoms with van der Waals surface area (Å²) in [5, 5.41) is 10.0. The van der Waals surface area contributed by atoms with Crippen molar-refractivity contribution < 1.29 is 28.6 Å². The highest BCUT2D eigenvalue weighted by Crippen LogP contribution is 2.30. The smallest absolute Gasteiger partial charge is 0.309 e. The first-order valence-electron chi connectivity index (χ1n) is 9.37. The summed E-state index contributed by atoms with van der Waals surface area (Å²) < 4.78 is 23.8. The van der Waals surface area contributed by atoms with Crippen molar-refractivity contribution in [2.24, 2.45) is 5.92 Å². The van der Waals surface area contributed by atoms with Crippen LogP contribution in [0.25, 0.3) is 0 Å². The molecule has 0 amide bonds. The fraction of sp³-hybridized carbons (Fsp3) is 0.409. The van der Waals surface area contributed by atoms with Gasteiger partial charge in [0.1, 0.15) is 11.9 Å². The van der Waals surface area contributed by atoms with E-state index in [-0.39, 0.29) is 35.3 Å². The zero-order chi connectivity index (χ0) is 21.7. The summed E-state index contributed by atoms with van der Waals surface area (Å²) >= 11 is 0. The van der Waals surface area contributed by atoms with Crippen LogP contribution in [-0.4, -0.2) is 35.1 Å². The molecule has 0 spiro atoms. The number of ketones is 1. The first-order chi connectivity index (χ1) is 13.6. The van der Waals surface area contributed by atoms with Crippen LogP contribution in [0.5, 0.6) is 11.5 Å². The third-order valence-corrected chi connectivity index (χ3v) is 4.99. The molecular formula is C22H26FNO5. The summed E-state index contributed by atoms with van der Waals surface area (Å²) in [6.45, 7) is 7.04. The van der Waals surface area contributed by atoms with E-state index in [0.717, 1.165) is 11.1 Å². The van der Waals surface area contributed by atoms with Crippen molar-refractivity contribution in [3.05, 3.63) is 53.1 Å². The van der Waals surface area contributed by atoms with Gasteiger partial charge >= 0.3 is 5.97 Å². The maximum absolute atomic E-state index is 13.3. The molecule has 0 unspecified atom stereocenters. The highest BCUT2D eigenvalue weighted by atomic mass is 19.1. The molecule has 7 heteroatoms. The fourth-order valence-corrected chi connectivity index (χ4v) is 3.07. The van der Waals surface area contributed by atoms with Gasteiger partial charge in [0.2, 0.25) is 0 Å². The van der Waals surface area contributed by atoms with Crippen LogP contribution in [0.15, 0.2) is 30.5 Å². The standard InChI is InChI=1S/C22H26FNO5/c1-12-10-16(23)6-7-17(12)14(3)15(4)29-22(27)13(2)11-18(25)20-21(26)19(28-5)8-9-24-20/h6-10,13-15,26H,11H2,1-5H3/t13-,14-,15+/m1/s1. The molecule has 29 heavy (non-hydrogen) atoms. The number of aryl methyl sites for hydroxylation is 1. The van der Waals surface area contributed by atoms with E-state index in [9.17, 15) is 19.1 Å². The number of carbonyl (C=O) groups is 2. The molecule has 0 saturated carbocycles. The minimum Gasteiger partial charge on any atom is -0.503 e. The van der Waals surface area contributed by atoms with Gasteiger partial charge in [0.25, 0.3) is 0 Å². The van der Waals surface area contributed by atoms with Crippen molar-refractivity contribution in [1.82, 2.24) is 4.98 Å². The van der Waals surface area contributed by atoms with Gasteiger partial charge in [-0.05, 0) is 37.1 Å². The summed E-state index contributed by atoms with van der Waals surface area (Å²) in [5.41, 5.74) is 1.52. The molecule has 0 radical (unpaired) electrons. The largest absolute Gasteiger partial charge is 0.503 e. The van der Waals surface area contributed by atoms with Gasteiger partial charge in [-0.2, -0.15) is 0 Å². The molecule has 3 atom stereocenters. The van der Waals surface area contributed by atoms with E-state index in [1.165, 1.54) is 31.5 Å². The fourth-order valence-electron chi connectivity index (χ4n) is 3.07. The Kier molecular flexibility index (Phi) is 7.31. The van der Waals surface area contributed by atoms with Crippen molar-refractivity contribution in [1.29, 1.82) is 0 Å². The van der Waals surface area contributed by atoms with Gasteiger partial charge in [-0.25, -0.2) is 9.37 Å². The van der Waals surface area contributed by atoms with Crippen molar-refractivity contribution in [3.8, 4) is 11.5 Å². The summed E-state index contributed by atoms with van der Waals surface area (Å²) in [7, 11) is 1.37. The molecule has 1 heterocycles. The lowest BCUT2D eigenvalue weighted by molar-refractivity contribution is -0.153. The Morgan fingerprint density at radius 2 is 1.90 bits per heavy atom. The Balaban J connectivity index is 2.02. The molecule has 156 valence electrons. The van der Waals surface area contributed by atoms with E-state index in [0.29, 0.717) is 0 Å². The molecule has 6 nitrogen and oxygen atoms in total. The van der Waals surface area contributed by atoms with Gasteiger partial charge in [0.15, 0.2) is 23.0 Å². The van der Waals surface area contributed by atoms with E-state index < -0.39 is 23.8 Å². The number of carbonyl (C=O) groups excluding carboxylic acids is 2. The average molecular weight is 403 g/mol. The predicted molar refractivity (Wildman–Crippen MR) is 106 cm³/mol. The maximum Gasteiger partial charge on any atom is 0.309 e.